The molecule has 1 aromatic carbocycles. The second kappa shape index (κ2) is 8.07. The van der Waals surface area contributed by atoms with Crippen molar-refractivity contribution in [1.82, 2.24) is 10.6 Å². The molecule has 0 saturated carbocycles. The van der Waals surface area contributed by atoms with Crippen molar-refractivity contribution < 1.29 is 22.7 Å². The highest BCUT2D eigenvalue weighted by Gasteiger charge is 2.32. The summed E-state index contributed by atoms with van der Waals surface area (Å²) in [5.41, 5.74) is 0.194. The summed E-state index contributed by atoms with van der Waals surface area (Å²) in [6.45, 7) is 5.22. The van der Waals surface area contributed by atoms with Crippen LogP contribution in [-0.2, 0) is 25.8 Å². The van der Waals surface area contributed by atoms with Crippen LogP contribution in [0.4, 0.5) is 4.79 Å². The first-order chi connectivity index (χ1) is 12.0. The van der Waals surface area contributed by atoms with Crippen molar-refractivity contribution in [2.75, 3.05) is 11.5 Å². The van der Waals surface area contributed by atoms with Gasteiger partial charge in [-0.2, -0.15) is 0 Å². The van der Waals surface area contributed by atoms with E-state index in [2.05, 4.69) is 10.6 Å². The van der Waals surface area contributed by atoms with E-state index in [-0.39, 0.29) is 17.9 Å². The Labute approximate surface area is 154 Å². The van der Waals surface area contributed by atoms with Gasteiger partial charge in [0, 0.05) is 12.5 Å². The Bertz CT molecular complexity index is 741. The predicted molar refractivity (Wildman–Crippen MR) is 98.5 cm³/mol. The van der Waals surface area contributed by atoms with E-state index in [1.165, 1.54) is 0 Å². The number of rotatable bonds is 5. The smallest absolute Gasteiger partial charge is 0.408 e. The molecule has 26 heavy (non-hydrogen) atoms. The van der Waals surface area contributed by atoms with Gasteiger partial charge in [0.15, 0.2) is 9.84 Å². The summed E-state index contributed by atoms with van der Waals surface area (Å²) < 4.78 is 28.4. The number of carbonyl (C=O) groups excluding carboxylic acids is 2. The van der Waals surface area contributed by atoms with Crippen LogP contribution in [0.1, 0.15) is 32.8 Å². The summed E-state index contributed by atoms with van der Waals surface area (Å²) in [5.74, 6) is -0.411. The van der Waals surface area contributed by atoms with E-state index in [0.717, 1.165) is 5.56 Å². The minimum atomic E-state index is -3.10. The van der Waals surface area contributed by atoms with Gasteiger partial charge in [0.1, 0.15) is 11.6 Å². The number of sulfone groups is 1. The van der Waals surface area contributed by atoms with Crippen molar-refractivity contribution in [2.45, 2.75) is 51.3 Å². The molecule has 0 bridgehead atoms. The van der Waals surface area contributed by atoms with E-state index in [9.17, 15) is 18.0 Å². The largest absolute Gasteiger partial charge is 0.444 e. The maximum absolute atomic E-state index is 12.6. The minimum absolute atomic E-state index is 0.0662. The number of amides is 2. The quantitative estimate of drug-likeness (QED) is 0.802. The first-order valence-corrected chi connectivity index (χ1v) is 10.4. The topological polar surface area (TPSA) is 102 Å². The maximum Gasteiger partial charge on any atom is 0.408 e. The van der Waals surface area contributed by atoms with Crippen molar-refractivity contribution in [1.29, 1.82) is 0 Å². The van der Waals surface area contributed by atoms with Crippen LogP contribution in [0.5, 0.6) is 0 Å². The molecule has 0 aromatic heterocycles. The van der Waals surface area contributed by atoms with Gasteiger partial charge in [0.2, 0.25) is 5.91 Å². The minimum Gasteiger partial charge on any atom is -0.444 e. The van der Waals surface area contributed by atoms with Crippen LogP contribution < -0.4 is 10.6 Å². The third kappa shape index (κ3) is 6.67. The summed E-state index contributed by atoms with van der Waals surface area (Å²) in [7, 11) is -3.10. The summed E-state index contributed by atoms with van der Waals surface area (Å²) in [4.78, 5) is 24.7. The fraction of sp³-hybridized carbons (Fsp3) is 0.556. The molecule has 1 saturated heterocycles. The average Bonchev–Trinajstić information content (AvgIpc) is 2.84. The van der Waals surface area contributed by atoms with E-state index >= 15 is 0 Å². The zero-order valence-corrected chi connectivity index (χ0v) is 16.1. The van der Waals surface area contributed by atoms with Gasteiger partial charge < -0.3 is 15.4 Å². The standard InChI is InChI=1S/C18H26N2O5S/c1-18(2,3)25-17(22)20-15(11-13-7-5-4-6-8-13)16(21)19-14-9-10-26(23,24)12-14/h4-8,14-15H,9-12H2,1-3H3,(H,19,21)(H,20,22)/t14-,15-/m1/s1. The molecule has 8 heteroatoms. The Morgan fingerprint density at radius 2 is 1.88 bits per heavy atom. The Morgan fingerprint density at radius 1 is 1.23 bits per heavy atom. The second-order valence-electron chi connectivity index (χ2n) is 7.50. The van der Waals surface area contributed by atoms with Crippen molar-refractivity contribution >= 4 is 21.8 Å². The van der Waals surface area contributed by atoms with Crippen LogP contribution in [0, 0.1) is 0 Å². The number of benzene rings is 1. The van der Waals surface area contributed by atoms with Crippen LogP contribution in [0.3, 0.4) is 0 Å². The number of ether oxygens (including phenoxy) is 1. The van der Waals surface area contributed by atoms with Crippen LogP contribution in [-0.4, -0.2) is 49.6 Å². The van der Waals surface area contributed by atoms with Gasteiger partial charge in [-0.15, -0.1) is 0 Å². The van der Waals surface area contributed by atoms with Gasteiger partial charge in [0.25, 0.3) is 0 Å². The first kappa shape index (κ1) is 20.2. The normalized spacial score (nSPS) is 20.2. The molecule has 1 aromatic rings. The molecule has 1 aliphatic heterocycles. The highest BCUT2D eigenvalue weighted by Crippen LogP contribution is 2.13. The zero-order valence-electron chi connectivity index (χ0n) is 15.3. The number of nitrogens with one attached hydrogen (secondary N) is 2. The van der Waals surface area contributed by atoms with E-state index in [1.807, 2.05) is 30.3 Å². The molecule has 0 aliphatic carbocycles. The van der Waals surface area contributed by atoms with Crippen molar-refractivity contribution in [3.8, 4) is 0 Å². The van der Waals surface area contributed by atoms with Gasteiger partial charge in [-0.3, -0.25) is 4.79 Å². The number of carbonyl (C=O) groups is 2. The van der Waals surface area contributed by atoms with Crippen molar-refractivity contribution in [2.24, 2.45) is 0 Å². The lowest BCUT2D eigenvalue weighted by Crippen LogP contribution is -2.51. The molecule has 2 atom stereocenters. The van der Waals surface area contributed by atoms with E-state index in [1.54, 1.807) is 20.8 Å². The Kier molecular flexibility index (Phi) is 6.28. The average molecular weight is 382 g/mol. The summed E-state index contributed by atoms with van der Waals surface area (Å²) in [5, 5.41) is 5.33. The van der Waals surface area contributed by atoms with Gasteiger partial charge in [-0.25, -0.2) is 13.2 Å². The van der Waals surface area contributed by atoms with Gasteiger partial charge in [-0.05, 0) is 32.8 Å². The lowest BCUT2D eigenvalue weighted by Gasteiger charge is -2.24. The lowest BCUT2D eigenvalue weighted by atomic mass is 10.0. The lowest BCUT2D eigenvalue weighted by molar-refractivity contribution is -0.123. The summed E-state index contributed by atoms with van der Waals surface area (Å²) in [6, 6.07) is 8.00. The highest BCUT2D eigenvalue weighted by atomic mass is 32.2. The van der Waals surface area contributed by atoms with Crippen LogP contribution in [0.2, 0.25) is 0 Å². The zero-order chi connectivity index (χ0) is 19.4. The van der Waals surface area contributed by atoms with Crippen molar-refractivity contribution in [3.05, 3.63) is 35.9 Å². The number of alkyl carbamates (subject to hydrolysis) is 1. The van der Waals surface area contributed by atoms with E-state index < -0.39 is 39.5 Å². The fourth-order valence-electron chi connectivity index (χ4n) is 2.72. The summed E-state index contributed by atoms with van der Waals surface area (Å²) >= 11 is 0. The Morgan fingerprint density at radius 3 is 2.42 bits per heavy atom. The molecular weight excluding hydrogens is 356 g/mol. The van der Waals surface area contributed by atoms with Crippen LogP contribution >= 0.6 is 0 Å². The predicted octanol–water partition coefficient (Wildman–Crippen LogP) is 1.43. The van der Waals surface area contributed by atoms with Gasteiger partial charge in [0.05, 0.1) is 11.5 Å². The molecule has 144 valence electrons. The van der Waals surface area contributed by atoms with Crippen LogP contribution in [0.15, 0.2) is 30.3 Å². The molecule has 1 aliphatic rings. The van der Waals surface area contributed by atoms with Crippen molar-refractivity contribution in [3.63, 3.8) is 0 Å². The number of hydrogen-bond acceptors (Lipinski definition) is 5. The molecular formula is C18H26N2O5S. The maximum atomic E-state index is 12.6. The molecule has 0 radical (unpaired) electrons. The molecule has 1 fully saturated rings. The molecule has 1 heterocycles. The summed E-state index contributed by atoms with van der Waals surface area (Å²) in [6.07, 6.45) is -0.0168. The third-order valence-corrected chi connectivity index (χ3v) is 5.64. The highest BCUT2D eigenvalue weighted by molar-refractivity contribution is 7.91. The second-order valence-corrected chi connectivity index (χ2v) is 9.73. The monoisotopic (exact) mass is 382 g/mol. The molecule has 2 N–H and O–H groups in total. The molecule has 2 amide bonds. The molecule has 0 unspecified atom stereocenters. The van der Waals surface area contributed by atoms with Gasteiger partial charge >= 0.3 is 6.09 Å². The van der Waals surface area contributed by atoms with E-state index in [4.69, 9.17) is 4.74 Å². The van der Waals surface area contributed by atoms with E-state index in [0.29, 0.717) is 6.42 Å². The first-order valence-electron chi connectivity index (χ1n) is 8.58. The molecule has 2 rings (SSSR count). The molecule has 7 nitrogen and oxygen atoms in total. The molecule has 0 spiro atoms. The SMILES string of the molecule is CC(C)(C)OC(=O)N[C@H](Cc1ccccc1)C(=O)N[C@@H]1CCS(=O)(=O)C1. The Hall–Kier alpha value is -2.09. The number of hydrogen-bond donors (Lipinski definition) is 2. The third-order valence-electron chi connectivity index (χ3n) is 3.87. The fourth-order valence-corrected chi connectivity index (χ4v) is 4.39. The van der Waals surface area contributed by atoms with Gasteiger partial charge in [-0.1, -0.05) is 30.3 Å². The Balaban J connectivity index is 2.06. The van der Waals surface area contributed by atoms with Crippen LogP contribution in [0.25, 0.3) is 0 Å².